The van der Waals surface area contributed by atoms with Crippen LogP contribution < -0.4 is 5.73 Å². The highest BCUT2D eigenvalue weighted by atomic mass is 19.1. The molecular formula is C4H3FN3O. The predicted molar refractivity (Wildman–Crippen MR) is 29.9 cm³/mol. The highest BCUT2D eigenvalue weighted by molar-refractivity contribution is 6.16. The summed E-state index contributed by atoms with van der Waals surface area (Å²) in [6, 6.07) is -0.770. The maximum Gasteiger partial charge on any atom is 0.368 e. The Bertz CT molecular complexity index is 198. The molecule has 2 amide bonds. The van der Waals surface area contributed by atoms with Gasteiger partial charge in [-0.2, -0.15) is 4.99 Å². The van der Waals surface area contributed by atoms with Crippen LogP contribution in [0.2, 0.25) is 0 Å². The second kappa shape index (κ2) is 1.93. The van der Waals surface area contributed by atoms with E-state index < -0.39 is 18.0 Å². The Kier molecular flexibility index (Phi) is 1.26. The number of urea groups is 1. The van der Waals surface area contributed by atoms with Crippen LogP contribution in [-0.4, -0.2) is 18.1 Å². The second-order valence-electron chi connectivity index (χ2n) is 1.39. The van der Waals surface area contributed by atoms with Crippen molar-refractivity contribution in [2.24, 2.45) is 15.7 Å². The summed E-state index contributed by atoms with van der Waals surface area (Å²) in [7, 11) is 0. The highest BCUT2D eigenvalue weighted by Crippen LogP contribution is 2.03. The SMILES string of the molecule is NC1=NC(=O)N=C[C]1F. The zero-order valence-electron chi connectivity index (χ0n) is 4.34. The van der Waals surface area contributed by atoms with Crippen molar-refractivity contribution in [2.75, 3.05) is 0 Å². The number of carbonyl (C=O) groups is 1. The van der Waals surface area contributed by atoms with E-state index in [9.17, 15) is 9.18 Å². The Labute approximate surface area is 50.3 Å². The Morgan fingerprint density at radius 1 is 1.67 bits per heavy atom. The number of aliphatic imine (C=N–C) groups is 2. The number of carbonyl (C=O) groups excluding carboxylic acids is 1. The van der Waals surface area contributed by atoms with Crippen molar-refractivity contribution in [1.82, 2.24) is 0 Å². The van der Waals surface area contributed by atoms with Crippen molar-refractivity contribution in [3.05, 3.63) is 6.17 Å². The van der Waals surface area contributed by atoms with Crippen LogP contribution in [-0.2, 0) is 0 Å². The zero-order valence-corrected chi connectivity index (χ0v) is 4.34. The van der Waals surface area contributed by atoms with Crippen LogP contribution in [0, 0.1) is 6.17 Å². The average Bonchev–Trinajstić information content (AvgIpc) is 1.80. The summed E-state index contributed by atoms with van der Waals surface area (Å²) in [5.41, 5.74) is 4.89. The molecule has 1 radical (unpaired) electrons. The smallest absolute Gasteiger partial charge is 0.368 e. The summed E-state index contributed by atoms with van der Waals surface area (Å²) in [6.45, 7) is 0. The molecule has 47 valence electrons. The van der Waals surface area contributed by atoms with Gasteiger partial charge in [-0.1, -0.05) is 0 Å². The molecule has 1 rings (SSSR count). The second-order valence-corrected chi connectivity index (χ2v) is 1.39. The first-order valence-corrected chi connectivity index (χ1v) is 2.15. The lowest BCUT2D eigenvalue weighted by Crippen LogP contribution is -2.23. The number of hydrogen-bond acceptors (Lipinski definition) is 2. The minimum absolute atomic E-state index is 0.407. The fraction of sp³-hybridized carbons (Fsp3) is 0. The topological polar surface area (TPSA) is 67.8 Å². The van der Waals surface area contributed by atoms with E-state index in [1.807, 2.05) is 0 Å². The summed E-state index contributed by atoms with van der Waals surface area (Å²) >= 11 is 0. The molecule has 4 nitrogen and oxygen atoms in total. The average molecular weight is 128 g/mol. The number of nitrogens with zero attached hydrogens (tertiary/aromatic N) is 2. The van der Waals surface area contributed by atoms with Gasteiger partial charge < -0.3 is 5.73 Å². The molecule has 0 aromatic carbocycles. The lowest BCUT2D eigenvalue weighted by Gasteiger charge is -2.01. The van der Waals surface area contributed by atoms with Gasteiger partial charge in [0.15, 0.2) is 5.84 Å². The quantitative estimate of drug-likeness (QED) is 0.500. The predicted octanol–water partition coefficient (Wildman–Crippen LogP) is 0.0495. The molecule has 0 aromatic rings. The highest BCUT2D eigenvalue weighted by Gasteiger charge is 2.16. The van der Waals surface area contributed by atoms with E-state index in [1.54, 1.807) is 0 Å². The van der Waals surface area contributed by atoms with Crippen LogP contribution in [0.15, 0.2) is 9.98 Å². The van der Waals surface area contributed by atoms with Gasteiger partial charge >= 0.3 is 6.03 Å². The van der Waals surface area contributed by atoms with E-state index in [4.69, 9.17) is 5.73 Å². The van der Waals surface area contributed by atoms with Crippen LogP contribution in [0.5, 0.6) is 0 Å². The number of amides is 2. The minimum atomic E-state index is -0.770. The van der Waals surface area contributed by atoms with Crippen LogP contribution in [0.25, 0.3) is 0 Å². The molecule has 0 atom stereocenters. The van der Waals surface area contributed by atoms with E-state index in [0.717, 1.165) is 6.21 Å². The number of rotatable bonds is 0. The van der Waals surface area contributed by atoms with Crippen molar-refractivity contribution in [2.45, 2.75) is 0 Å². The van der Waals surface area contributed by atoms with E-state index in [2.05, 4.69) is 9.98 Å². The first-order chi connectivity index (χ1) is 4.20. The molecule has 0 fully saturated rings. The van der Waals surface area contributed by atoms with Gasteiger partial charge in [0.2, 0.25) is 6.17 Å². The molecule has 0 saturated carbocycles. The fourth-order valence-corrected chi connectivity index (χ4v) is 0.363. The number of amidine groups is 1. The maximum atomic E-state index is 12.1. The van der Waals surface area contributed by atoms with Crippen molar-refractivity contribution in [3.63, 3.8) is 0 Å². The molecule has 0 aliphatic carbocycles. The van der Waals surface area contributed by atoms with Crippen LogP contribution >= 0.6 is 0 Å². The van der Waals surface area contributed by atoms with Gasteiger partial charge in [0, 0.05) is 0 Å². The van der Waals surface area contributed by atoms with Gasteiger partial charge in [-0.3, -0.25) is 0 Å². The number of halogens is 1. The Hall–Kier alpha value is -1.26. The van der Waals surface area contributed by atoms with Gasteiger partial charge in [0.25, 0.3) is 0 Å². The third-order valence-electron chi connectivity index (χ3n) is 0.749. The monoisotopic (exact) mass is 128 g/mol. The van der Waals surface area contributed by atoms with Crippen LogP contribution in [0.1, 0.15) is 0 Å². The molecule has 0 saturated heterocycles. The van der Waals surface area contributed by atoms with Gasteiger partial charge in [-0.15, -0.1) is 0 Å². The number of nitrogens with two attached hydrogens (primary N) is 1. The summed E-state index contributed by atoms with van der Waals surface area (Å²) in [6.07, 6.45) is -0.0281. The molecular weight excluding hydrogens is 125 g/mol. The Morgan fingerprint density at radius 3 is 2.78 bits per heavy atom. The normalized spacial score (nSPS) is 20.1. The van der Waals surface area contributed by atoms with E-state index in [1.165, 1.54) is 0 Å². The van der Waals surface area contributed by atoms with Gasteiger partial charge in [0.1, 0.15) is 0 Å². The van der Waals surface area contributed by atoms with Gasteiger partial charge in [-0.25, -0.2) is 14.2 Å². The maximum absolute atomic E-state index is 12.1. The molecule has 0 aromatic heterocycles. The number of hydrogen-bond donors (Lipinski definition) is 1. The molecule has 1 aliphatic rings. The molecule has 9 heavy (non-hydrogen) atoms. The minimum Gasteiger partial charge on any atom is -0.384 e. The first-order valence-electron chi connectivity index (χ1n) is 2.15. The molecule has 1 heterocycles. The molecule has 2 N–H and O–H groups in total. The van der Waals surface area contributed by atoms with Crippen LogP contribution in [0.3, 0.4) is 0 Å². The molecule has 5 heteroatoms. The van der Waals surface area contributed by atoms with Crippen LogP contribution in [0.4, 0.5) is 9.18 Å². The summed E-state index contributed by atoms with van der Waals surface area (Å²) < 4.78 is 12.1. The van der Waals surface area contributed by atoms with E-state index >= 15 is 0 Å². The standard InChI is InChI=1S/C4H3FN3O/c5-2-1-7-4(9)8-3(2)6/h1H,(H2,6,8,9). The molecule has 1 aliphatic heterocycles. The Balaban J connectivity index is 2.82. The third-order valence-corrected chi connectivity index (χ3v) is 0.749. The van der Waals surface area contributed by atoms with Crippen molar-refractivity contribution in [3.8, 4) is 0 Å². The Morgan fingerprint density at radius 2 is 2.33 bits per heavy atom. The molecule has 0 unspecified atom stereocenters. The fourth-order valence-electron chi connectivity index (χ4n) is 0.363. The molecule has 0 spiro atoms. The van der Waals surface area contributed by atoms with Crippen molar-refractivity contribution >= 4 is 18.1 Å². The van der Waals surface area contributed by atoms with Crippen molar-refractivity contribution in [1.29, 1.82) is 0 Å². The summed E-state index contributed by atoms with van der Waals surface area (Å²) in [5.74, 6) is -0.407. The summed E-state index contributed by atoms with van der Waals surface area (Å²) in [4.78, 5) is 16.2. The summed E-state index contributed by atoms with van der Waals surface area (Å²) in [5, 5.41) is 0. The van der Waals surface area contributed by atoms with Crippen molar-refractivity contribution < 1.29 is 9.18 Å². The third kappa shape index (κ3) is 1.10. The lowest BCUT2D eigenvalue weighted by atomic mass is 10.4. The van der Waals surface area contributed by atoms with E-state index in [-0.39, 0.29) is 0 Å². The first kappa shape index (κ1) is 5.87. The van der Waals surface area contributed by atoms with E-state index in [0.29, 0.717) is 0 Å². The zero-order chi connectivity index (χ0) is 6.85. The van der Waals surface area contributed by atoms with Gasteiger partial charge in [0.05, 0.1) is 6.21 Å². The molecule has 0 bridgehead atoms. The van der Waals surface area contributed by atoms with Gasteiger partial charge in [-0.05, 0) is 0 Å². The largest absolute Gasteiger partial charge is 0.384 e. The lowest BCUT2D eigenvalue weighted by molar-refractivity contribution is 0.256.